The van der Waals surface area contributed by atoms with Crippen molar-refractivity contribution in [3.8, 4) is 0 Å². The third kappa shape index (κ3) is 3.43. The van der Waals surface area contributed by atoms with Crippen LogP contribution in [0.2, 0.25) is 5.02 Å². The summed E-state index contributed by atoms with van der Waals surface area (Å²) in [6, 6.07) is 4.33. The molecule has 0 saturated heterocycles. The molecule has 2 unspecified atom stereocenters. The number of hydrogen-bond acceptors (Lipinski definition) is 4. The molecule has 100 valence electrons. The molecule has 0 heterocycles. The van der Waals surface area contributed by atoms with E-state index in [9.17, 15) is 15.0 Å². The summed E-state index contributed by atoms with van der Waals surface area (Å²) in [5, 5.41) is 31.4. The Morgan fingerprint density at radius 3 is 2.67 bits per heavy atom. The van der Waals surface area contributed by atoms with Crippen LogP contribution in [0.5, 0.6) is 0 Å². The molecule has 1 rings (SSSR count). The number of hydrogen-bond donors (Lipinski definition) is 4. The summed E-state index contributed by atoms with van der Waals surface area (Å²) in [7, 11) is 1.73. The summed E-state index contributed by atoms with van der Waals surface area (Å²) in [5.74, 6) is -1.17. The standard InChI is InChI=1S/C12H16ClNO4/c1-14-6-5-9(15)11(16)7-3-2-4-8(10(7)13)12(17)18/h2-4,9,11,14-16H,5-6H2,1H3,(H,17,18). The zero-order valence-corrected chi connectivity index (χ0v) is 10.7. The van der Waals surface area contributed by atoms with Gasteiger partial charge in [-0.3, -0.25) is 0 Å². The number of aliphatic hydroxyl groups is 2. The molecule has 0 aliphatic rings. The van der Waals surface area contributed by atoms with Crippen LogP contribution in [-0.2, 0) is 0 Å². The maximum atomic E-state index is 10.9. The maximum Gasteiger partial charge on any atom is 0.337 e. The second-order valence-corrected chi connectivity index (χ2v) is 4.30. The van der Waals surface area contributed by atoms with Crippen LogP contribution in [-0.4, -0.2) is 41.0 Å². The number of carboxylic acids is 1. The van der Waals surface area contributed by atoms with Gasteiger partial charge < -0.3 is 20.6 Å². The van der Waals surface area contributed by atoms with Gasteiger partial charge in [0.2, 0.25) is 0 Å². The lowest BCUT2D eigenvalue weighted by Crippen LogP contribution is -2.23. The normalized spacial score (nSPS) is 14.2. The Morgan fingerprint density at radius 1 is 1.44 bits per heavy atom. The average Bonchev–Trinajstić information content (AvgIpc) is 2.35. The van der Waals surface area contributed by atoms with E-state index in [1.807, 2.05) is 0 Å². The van der Waals surface area contributed by atoms with Gasteiger partial charge in [-0.25, -0.2) is 4.79 Å². The van der Waals surface area contributed by atoms with Gasteiger partial charge in [-0.1, -0.05) is 23.7 Å². The van der Waals surface area contributed by atoms with E-state index in [0.29, 0.717) is 13.0 Å². The van der Waals surface area contributed by atoms with E-state index < -0.39 is 18.2 Å². The second kappa shape index (κ2) is 6.70. The predicted octanol–water partition coefficient (Wildman–Crippen LogP) is 1.04. The Kier molecular flexibility index (Phi) is 5.55. The van der Waals surface area contributed by atoms with Gasteiger partial charge in [-0.05, 0) is 26.1 Å². The fraction of sp³-hybridized carbons (Fsp3) is 0.417. The van der Waals surface area contributed by atoms with Gasteiger partial charge in [0.25, 0.3) is 0 Å². The topological polar surface area (TPSA) is 89.8 Å². The van der Waals surface area contributed by atoms with Gasteiger partial charge in [-0.2, -0.15) is 0 Å². The number of aliphatic hydroxyl groups excluding tert-OH is 2. The highest BCUT2D eigenvalue weighted by atomic mass is 35.5. The summed E-state index contributed by atoms with van der Waals surface area (Å²) in [4.78, 5) is 10.9. The lowest BCUT2D eigenvalue weighted by molar-refractivity contribution is 0.0140. The minimum atomic E-state index is -1.20. The van der Waals surface area contributed by atoms with E-state index in [2.05, 4.69) is 5.32 Å². The van der Waals surface area contributed by atoms with Gasteiger partial charge >= 0.3 is 5.97 Å². The number of benzene rings is 1. The van der Waals surface area contributed by atoms with Gasteiger partial charge in [0, 0.05) is 5.56 Å². The summed E-state index contributed by atoms with van der Waals surface area (Å²) in [6.45, 7) is 0.536. The van der Waals surface area contributed by atoms with Crippen LogP contribution in [0.25, 0.3) is 0 Å². The van der Waals surface area contributed by atoms with Gasteiger partial charge in [0.1, 0.15) is 6.10 Å². The van der Waals surface area contributed by atoms with Crippen molar-refractivity contribution in [3.05, 3.63) is 34.3 Å². The van der Waals surface area contributed by atoms with Crippen molar-refractivity contribution < 1.29 is 20.1 Å². The SMILES string of the molecule is CNCCC(O)C(O)c1cccc(C(=O)O)c1Cl. The molecule has 0 aliphatic carbocycles. The van der Waals surface area contributed by atoms with Crippen molar-refractivity contribution in [2.45, 2.75) is 18.6 Å². The third-order valence-corrected chi connectivity index (χ3v) is 3.05. The molecular weight excluding hydrogens is 258 g/mol. The van der Waals surface area contributed by atoms with Gasteiger partial charge in [0.15, 0.2) is 0 Å². The van der Waals surface area contributed by atoms with E-state index >= 15 is 0 Å². The molecule has 0 saturated carbocycles. The maximum absolute atomic E-state index is 10.9. The van der Waals surface area contributed by atoms with Crippen LogP contribution in [0.3, 0.4) is 0 Å². The minimum Gasteiger partial charge on any atom is -0.478 e. The van der Waals surface area contributed by atoms with E-state index in [1.54, 1.807) is 7.05 Å². The van der Waals surface area contributed by atoms with Gasteiger partial charge in [-0.15, -0.1) is 0 Å². The van der Waals surface area contributed by atoms with Crippen molar-refractivity contribution in [1.82, 2.24) is 5.32 Å². The molecule has 0 bridgehead atoms. The molecule has 0 aromatic heterocycles. The van der Waals surface area contributed by atoms with Crippen molar-refractivity contribution >= 4 is 17.6 Å². The molecular formula is C12H16ClNO4. The van der Waals surface area contributed by atoms with Crippen molar-refractivity contribution in [3.63, 3.8) is 0 Å². The number of carboxylic acid groups (broad SMARTS) is 1. The Labute approximate surface area is 110 Å². The van der Waals surface area contributed by atoms with Crippen molar-refractivity contribution in [2.75, 3.05) is 13.6 Å². The highest BCUT2D eigenvalue weighted by Crippen LogP contribution is 2.29. The Balaban J connectivity index is 2.95. The van der Waals surface area contributed by atoms with Crippen LogP contribution >= 0.6 is 11.6 Å². The predicted molar refractivity (Wildman–Crippen MR) is 67.9 cm³/mol. The van der Waals surface area contributed by atoms with Crippen molar-refractivity contribution in [2.24, 2.45) is 0 Å². The first-order valence-electron chi connectivity index (χ1n) is 5.51. The first kappa shape index (κ1) is 14.9. The van der Waals surface area contributed by atoms with Gasteiger partial charge in [0.05, 0.1) is 16.7 Å². The number of carbonyl (C=O) groups is 1. The lowest BCUT2D eigenvalue weighted by Gasteiger charge is -2.19. The highest BCUT2D eigenvalue weighted by molar-refractivity contribution is 6.34. The van der Waals surface area contributed by atoms with E-state index in [-0.39, 0.29) is 16.1 Å². The Morgan fingerprint density at radius 2 is 2.11 bits per heavy atom. The number of rotatable bonds is 6. The van der Waals surface area contributed by atoms with E-state index in [1.165, 1.54) is 18.2 Å². The van der Waals surface area contributed by atoms with E-state index in [4.69, 9.17) is 16.7 Å². The lowest BCUT2D eigenvalue weighted by atomic mass is 10.00. The fourth-order valence-electron chi connectivity index (χ4n) is 1.60. The Hall–Kier alpha value is -1.14. The largest absolute Gasteiger partial charge is 0.478 e. The number of aromatic carboxylic acids is 1. The second-order valence-electron chi connectivity index (χ2n) is 3.92. The molecule has 0 aliphatic heterocycles. The zero-order valence-electron chi connectivity index (χ0n) is 9.93. The molecule has 0 fully saturated rings. The first-order valence-corrected chi connectivity index (χ1v) is 5.89. The van der Waals surface area contributed by atoms with E-state index in [0.717, 1.165) is 0 Å². The van der Waals surface area contributed by atoms with Crippen LogP contribution in [0, 0.1) is 0 Å². The molecule has 6 heteroatoms. The molecule has 1 aromatic carbocycles. The van der Waals surface area contributed by atoms with Crippen LogP contribution in [0.15, 0.2) is 18.2 Å². The van der Waals surface area contributed by atoms with Crippen LogP contribution in [0.4, 0.5) is 0 Å². The first-order chi connectivity index (χ1) is 8.49. The zero-order chi connectivity index (χ0) is 13.7. The summed E-state index contributed by atoms with van der Waals surface area (Å²) in [5.41, 5.74) is 0.134. The number of halogens is 1. The molecule has 0 spiro atoms. The number of nitrogens with one attached hydrogen (secondary N) is 1. The van der Waals surface area contributed by atoms with Crippen LogP contribution < -0.4 is 5.32 Å². The fourth-order valence-corrected chi connectivity index (χ4v) is 1.92. The molecule has 1 aromatic rings. The highest BCUT2D eigenvalue weighted by Gasteiger charge is 2.23. The Bertz CT molecular complexity index is 425. The molecule has 0 radical (unpaired) electrons. The molecule has 0 amide bonds. The quantitative estimate of drug-likeness (QED) is 0.622. The van der Waals surface area contributed by atoms with Crippen molar-refractivity contribution in [1.29, 1.82) is 0 Å². The molecule has 2 atom stereocenters. The third-order valence-electron chi connectivity index (χ3n) is 2.63. The summed E-state index contributed by atoms with van der Waals surface area (Å²) in [6.07, 6.45) is -1.87. The smallest absolute Gasteiger partial charge is 0.337 e. The molecule has 5 nitrogen and oxygen atoms in total. The summed E-state index contributed by atoms with van der Waals surface area (Å²) >= 11 is 5.91. The molecule has 18 heavy (non-hydrogen) atoms. The monoisotopic (exact) mass is 273 g/mol. The summed E-state index contributed by atoms with van der Waals surface area (Å²) < 4.78 is 0. The average molecular weight is 274 g/mol. The molecule has 4 N–H and O–H groups in total. The van der Waals surface area contributed by atoms with Crippen LogP contribution in [0.1, 0.15) is 28.4 Å². The minimum absolute atomic E-state index is 0.0407.